The maximum Gasteiger partial charge on any atom is 0.524 e. The first kappa shape index (κ1) is 43.5. The Morgan fingerprint density at radius 1 is 0.745 bits per heavy atom. The van der Waals surface area contributed by atoms with Gasteiger partial charge < -0.3 is 35.2 Å². The maximum absolute atomic E-state index is 13.5. The number of nitrogens with zero attached hydrogens (tertiary/aromatic N) is 4. The molecule has 0 spiro atoms. The van der Waals surface area contributed by atoms with Gasteiger partial charge in [-0.1, -0.05) is 19.1 Å². The summed E-state index contributed by atoms with van der Waals surface area (Å²) in [6, 6.07) is 4.65. The van der Waals surface area contributed by atoms with Gasteiger partial charge in [-0.05, 0) is 30.5 Å². The Morgan fingerprint density at radius 2 is 1.20 bits per heavy atom. The number of carbonyl (C=O) groups is 5. The molecule has 2 rings (SSSR count). The fourth-order valence-corrected chi connectivity index (χ4v) is 5.65. The van der Waals surface area contributed by atoms with Gasteiger partial charge in [0, 0.05) is 78.5 Å². The minimum Gasteiger partial charge on any atom is -0.480 e. The molecule has 0 radical (unpaired) electrons. The van der Waals surface area contributed by atoms with Crippen LogP contribution in [0.2, 0.25) is 0 Å². The van der Waals surface area contributed by atoms with Gasteiger partial charge in [-0.2, -0.15) is 0 Å². The first-order valence-electron chi connectivity index (χ1n) is 16.7. The van der Waals surface area contributed by atoms with E-state index in [-0.39, 0.29) is 90.7 Å². The summed E-state index contributed by atoms with van der Waals surface area (Å²) >= 11 is 0. The summed E-state index contributed by atoms with van der Waals surface area (Å²) in [6.07, 6.45) is 1.43. The normalized spacial score (nSPS) is 16.7. The molecule has 2 amide bonds. The molecule has 0 aromatic heterocycles. The predicted octanol–water partition coefficient (Wildman–Crippen LogP) is -1.41. The lowest BCUT2D eigenvalue weighted by Gasteiger charge is -2.33. The average Bonchev–Trinajstić information content (AvgIpc) is 3.03. The summed E-state index contributed by atoms with van der Waals surface area (Å²) in [7, 11) is -4.77. The number of carboxylic acid groups (broad SMARTS) is 3. The second-order valence-corrected chi connectivity index (χ2v) is 13.3. The molecular formula is C31H51N6O13P. The molecule has 1 atom stereocenters. The zero-order valence-electron chi connectivity index (χ0n) is 28.9. The van der Waals surface area contributed by atoms with Gasteiger partial charge in [-0.25, -0.2) is 4.57 Å². The molecule has 1 saturated heterocycles. The van der Waals surface area contributed by atoms with Gasteiger partial charge in [0.2, 0.25) is 11.8 Å². The van der Waals surface area contributed by atoms with Crippen molar-refractivity contribution in [2.75, 3.05) is 98.3 Å². The molecule has 7 N–H and O–H groups in total. The van der Waals surface area contributed by atoms with Crippen LogP contribution in [-0.4, -0.2) is 179 Å². The van der Waals surface area contributed by atoms with E-state index in [4.69, 9.17) is 14.5 Å². The topological polar surface area (TPSA) is 259 Å². The molecular weight excluding hydrogens is 695 g/mol. The Balaban J connectivity index is 2.21. The lowest BCUT2D eigenvalue weighted by Crippen LogP contribution is -2.53. The van der Waals surface area contributed by atoms with Crippen LogP contribution < -0.4 is 15.2 Å². The third kappa shape index (κ3) is 20.1. The van der Waals surface area contributed by atoms with E-state index in [0.717, 1.165) is 6.42 Å². The van der Waals surface area contributed by atoms with Gasteiger partial charge in [-0.15, -0.1) is 0 Å². The van der Waals surface area contributed by atoms with Gasteiger partial charge in [0.15, 0.2) is 0 Å². The van der Waals surface area contributed by atoms with Crippen LogP contribution in [0.5, 0.6) is 5.75 Å². The SMILES string of the molecule is CCCOCCCNC(=O)[C@@H](Cc1ccc(OP(=O)(O)O)cc1)NC(=O)CN1CCN(CC(=O)O)CCN(CC(=O)O)CCN(CC(=O)O)CC1. The molecule has 1 aliphatic rings. The third-order valence-corrected chi connectivity index (χ3v) is 8.17. The second kappa shape index (κ2) is 23.0. The summed E-state index contributed by atoms with van der Waals surface area (Å²) in [5, 5.41) is 33.9. The molecule has 0 saturated carbocycles. The molecule has 1 aliphatic heterocycles. The Labute approximate surface area is 296 Å². The Morgan fingerprint density at radius 3 is 1.61 bits per heavy atom. The largest absolute Gasteiger partial charge is 0.524 e. The van der Waals surface area contributed by atoms with E-state index >= 15 is 0 Å². The van der Waals surface area contributed by atoms with Gasteiger partial charge in [0.05, 0.1) is 26.2 Å². The number of carbonyl (C=O) groups excluding carboxylic acids is 2. The molecule has 288 valence electrons. The lowest BCUT2D eigenvalue weighted by molar-refractivity contribution is -0.140. The molecule has 51 heavy (non-hydrogen) atoms. The monoisotopic (exact) mass is 746 g/mol. The smallest absolute Gasteiger partial charge is 0.480 e. The van der Waals surface area contributed by atoms with Crippen LogP contribution in [0.4, 0.5) is 0 Å². The molecule has 1 heterocycles. The number of benzene rings is 1. The highest BCUT2D eigenvalue weighted by Gasteiger charge is 2.25. The van der Waals surface area contributed by atoms with E-state index in [0.29, 0.717) is 31.7 Å². The van der Waals surface area contributed by atoms with Crippen molar-refractivity contribution in [2.24, 2.45) is 0 Å². The van der Waals surface area contributed by atoms with Crippen molar-refractivity contribution in [3.05, 3.63) is 29.8 Å². The van der Waals surface area contributed by atoms with Crippen molar-refractivity contribution in [2.45, 2.75) is 32.2 Å². The summed E-state index contributed by atoms with van der Waals surface area (Å²) in [6.45, 7) is 3.97. The minimum atomic E-state index is -4.77. The molecule has 1 aromatic rings. The van der Waals surface area contributed by atoms with Crippen LogP contribution in [0.1, 0.15) is 25.3 Å². The number of phosphoric acid groups is 1. The summed E-state index contributed by atoms with van der Waals surface area (Å²) < 4.78 is 21.2. The number of rotatable bonds is 20. The number of hydrogen-bond donors (Lipinski definition) is 7. The molecule has 19 nitrogen and oxygen atoms in total. The van der Waals surface area contributed by atoms with Crippen LogP contribution in [-0.2, 0) is 39.7 Å². The number of nitrogens with one attached hydrogen (secondary N) is 2. The first-order valence-corrected chi connectivity index (χ1v) is 18.2. The van der Waals surface area contributed by atoms with Gasteiger partial charge in [0.1, 0.15) is 11.8 Å². The highest BCUT2D eigenvalue weighted by molar-refractivity contribution is 7.46. The predicted molar refractivity (Wildman–Crippen MR) is 182 cm³/mol. The number of ether oxygens (including phenoxy) is 1. The zero-order valence-corrected chi connectivity index (χ0v) is 29.7. The van der Waals surface area contributed by atoms with E-state index in [2.05, 4.69) is 15.2 Å². The Hall–Kier alpha value is -3.68. The number of hydrogen-bond acceptors (Lipinski definition) is 12. The van der Waals surface area contributed by atoms with E-state index < -0.39 is 43.6 Å². The van der Waals surface area contributed by atoms with Gasteiger partial charge in [0.25, 0.3) is 0 Å². The standard InChI is InChI=1S/C31H51N6O13P/c1-2-17-49-18-3-8-32-31(45)26(19-24-4-6-25(7-5-24)50-51(46,47)48)33-27(38)20-34-9-11-35(21-28(39)40)13-15-37(23-30(43)44)16-14-36(12-10-34)22-29(41)42/h4-7,26H,2-3,8-23H2,1H3,(H,32,45)(H,33,38)(H,39,40)(H,41,42)(H,43,44)(H2,46,47,48)/t26-/m1/s1. The van der Waals surface area contributed by atoms with Crippen molar-refractivity contribution in [1.82, 2.24) is 30.2 Å². The average molecular weight is 747 g/mol. The van der Waals surface area contributed by atoms with Crippen LogP contribution in [0.15, 0.2) is 24.3 Å². The number of carboxylic acids is 3. The summed E-state index contributed by atoms with van der Waals surface area (Å²) in [4.78, 5) is 86.1. The van der Waals surface area contributed by atoms with Crippen LogP contribution in [0, 0.1) is 0 Å². The minimum absolute atomic E-state index is 0.0335. The number of phosphoric ester groups is 1. The van der Waals surface area contributed by atoms with E-state index in [1.165, 1.54) is 24.3 Å². The summed E-state index contributed by atoms with van der Waals surface area (Å²) in [5.74, 6) is -4.27. The van der Waals surface area contributed by atoms with Crippen LogP contribution >= 0.6 is 7.82 Å². The van der Waals surface area contributed by atoms with Gasteiger partial charge >= 0.3 is 25.7 Å². The quantitative estimate of drug-likeness (QED) is 0.0598. The van der Waals surface area contributed by atoms with E-state index in [9.17, 15) is 43.9 Å². The highest BCUT2D eigenvalue weighted by atomic mass is 31.2. The van der Waals surface area contributed by atoms with Crippen molar-refractivity contribution in [3.8, 4) is 5.75 Å². The Bertz CT molecular complexity index is 1280. The second-order valence-electron chi connectivity index (χ2n) is 12.1. The maximum atomic E-state index is 13.5. The Kier molecular flexibility index (Phi) is 19.6. The zero-order chi connectivity index (χ0) is 37.8. The van der Waals surface area contributed by atoms with Crippen LogP contribution in [0.25, 0.3) is 0 Å². The van der Waals surface area contributed by atoms with Gasteiger partial charge in [-0.3, -0.25) is 53.4 Å². The van der Waals surface area contributed by atoms with E-state index in [1.807, 2.05) is 6.92 Å². The van der Waals surface area contributed by atoms with Crippen molar-refractivity contribution >= 4 is 37.5 Å². The fraction of sp³-hybridized carbons (Fsp3) is 0.645. The molecule has 0 bridgehead atoms. The highest BCUT2D eigenvalue weighted by Crippen LogP contribution is 2.37. The molecule has 0 unspecified atom stereocenters. The molecule has 0 aliphatic carbocycles. The molecule has 20 heteroatoms. The van der Waals surface area contributed by atoms with Crippen LogP contribution in [0.3, 0.4) is 0 Å². The van der Waals surface area contributed by atoms with E-state index in [1.54, 1.807) is 19.6 Å². The van der Waals surface area contributed by atoms with Crippen molar-refractivity contribution < 1.29 is 62.9 Å². The molecule has 1 aromatic carbocycles. The number of aliphatic carboxylic acids is 3. The summed E-state index contributed by atoms with van der Waals surface area (Å²) in [5.41, 5.74) is 0.566. The fourth-order valence-electron chi connectivity index (χ4n) is 5.25. The van der Waals surface area contributed by atoms with Crippen molar-refractivity contribution in [3.63, 3.8) is 0 Å². The van der Waals surface area contributed by atoms with Crippen molar-refractivity contribution in [1.29, 1.82) is 0 Å². The first-order chi connectivity index (χ1) is 24.1. The number of amides is 2. The third-order valence-electron chi connectivity index (χ3n) is 7.73. The lowest BCUT2D eigenvalue weighted by atomic mass is 10.0. The molecule has 1 fully saturated rings.